The summed E-state index contributed by atoms with van der Waals surface area (Å²) in [6.07, 6.45) is 0. The van der Waals surface area contributed by atoms with Crippen LogP contribution in [0.5, 0.6) is 5.75 Å². The molecule has 0 saturated heterocycles. The Kier molecular flexibility index (Phi) is 4.80. The van der Waals surface area contributed by atoms with Crippen molar-refractivity contribution >= 4 is 27.6 Å². The normalized spacial score (nSPS) is 10.2. The Hall–Kier alpha value is -2.08. The summed E-state index contributed by atoms with van der Waals surface area (Å²) in [5.41, 5.74) is 6.53. The molecule has 2 aromatic carbocycles. The maximum Gasteiger partial charge on any atom is 0.340 e. The number of esters is 1. The molecule has 0 atom stereocenters. The monoisotopic (exact) mass is 353 g/mol. The Bertz CT molecular complexity index is 676. The molecule has 6 heteroatoms. The molecule has 0 aliphatic carbocycles. The van der Waals surface area contributed by atoms with Crippen LogP contribution in [-0.2, 0) is 11.3 Å². The second-order valence-corrected chi connectivity index (χ2v) is 5.10. The molecule has 21 heavy (non-hydrogen) atoms. The molecule has 2 rings (SSSR count). The summed E-state index contributed by atoms with van der Waals surface area (Å²) in [4.78, 5) is 11.5. The molecule has 0 bridgehead atoms. The first kappa shape index (κ1) is 15.3. The van der Waals surface area contributed by atoms with E-state index in [9.17, 15) is 9.18 Å². The van der Waals surface area contributed by atoms with Crippen molar-refractivity contribution in [3.05, 3.63) is 57.8 Å². The van der Waals surface area contributed by atoms with Crippen LogP contribution in [-0.4, -0.2) is 13.1 Å². The standard InChI is InChI=1S/C15H13BrFNO3/c1-20-15(19)10-6-14(12(17)7-13(10)18)21-8-9-4-2-3-5-11(9)16/h2-7H,8,18H2,1H3. The predicted octanol–water partition coefficient (Wildman–Crippen LogP) is 3.54. The number of nitrogen functional groups attached to an aromatic ring is 1. The van der Waals surface area contributed by atoms with E-state index in [1.54, 1.807) is 0 Å². The number of methoxy groups -OCH3 is 1. The lowest BCUT2D eigenvalue weighted by molar-refractivity contribution is 0.0601. The van der Waals surface area contributed by atoms with Crippen molar-refractivity contribution in [1.82, 2.24) is 0 Å². The molecule has 0 aliphatic heterocycles. The van der Waals surface area contributed by atoms with Crippen LogP contribution < -0.4 is 10.5 Å². The topological polar surface area (TPSA) is 61.5 Å². The molecule has 0 unspecified atom stereocenters. The molecule has 2 aromatic rings. The molecule has 0 aromatic heterocycles. The summed E-state index contributed by atoms with van der Waals surface area (Å²) in [6.45, 7) is 0.156. The Labute approximate surface area is 129 Å². The van der Waals surface area contributed by atoms with Gasteiger partial charge in [0.25, 0.3) is 0 Å². The molecular formula is C15H13BrFNO3. The van der Waals surface area contributed by atoms with E-state index >= 15 is 0 Å². The highest BCUT2D eigenvalue weighted by molar-refractivity contribution is 9.10. The van der Waals surface area contributed by atoms with Crippen LogP contribution in [0.25, 0.3) is 0 Å². The Morgan fingerprint density at radius 2 is 2.05 bits per heavy atom. The fraction of sp³-hybridized carbons (Fsp3) is 0.133. The lowest BCUT2D eigenvalue weighted by atomic mass is 10.1. The third kappa shape index (κ3) is 3.52. The molecule has 0 aliphatic rings. The molecule has 0 fully saturated rings. The molecule has 2 N–H and O–H groups in total. The van der Waals surface area contributed by atoms with E-state index in [0.717, 1.165) is 16.1 Å². The summed E-state index contributed by atoms with van der Waals surface area (Å²) >= 11 is 3.38. The number of carbonyl (C=O) groups is 1. The van der Waals surface area contributed by atoms with Gasteiger partial charge in [0, 0.05) is 21.8 Å². The van der Waals surface area contributed by atoms with Gasteiger partial charge in [0.2, 0.25) is 0 Å². The van der Waals surface area contributed by atoms with Crippen LogP contribution in [0.1, 0.15) is 15.9 Å². The largest absolute Gasteiger partial charge is 0.486 e. The van der Waals surface area contributed by atoms with Crippen molar-refractivity contribution in [2.75, 3.05) is 12.8 Å². The van der Waals surface area contributed by atoms with Crippen molar-refractivity contribution < 1.29 is 18.7 Å². The van der Waals surface area contributed by atoms with Crippen LogP contribution >= 0.6 is 15.9 Å². The third-order valence-corrected chi connectivity index (χ3v) is 3.62. The zero-order valence-electron chi connectivity index (χ0n) is 11.2. The van der Waals surface area contributed by atoms with Crippen LogP contribution in [0.15, 0.2) is 40.9 Å². The Morgan fingerprint density at radius 3 is 2.71 bits per heavy atom. The maximum atomic E-state index is 13.8. The van der Waals surface area contributed by atoms with Gasteiger partial charge in [-0.1, -0.05) is 34.1 Å². The second kappa shape index (κ2) is 6.58. The molecule has 0 spiro atoms. The van der Waals surface area contributed by atoms with Crippen molar-refractivity contribution in [2.24, 2.45) is 0 Å². The summed E-state index contributed by atoms with van der Waals surface area (Å²) in [5.74, 6) is -1.33. The van der Waals surface area contributed by atoms with Gasteiger partial charge in [-0.3, -0.25) is 0 Å². The lowest BCUT2D eigenvalue weighted by Gasteiger charge is -2.11. The fourth-order valence-corrected chi connectivity index (χ4v) is 2.14. The van der Waals surface area contributed by atoms with Gasteiger partial charge >= 0.3 is 5.97 Å². The third-order valence-electron chi connectivity index (χ3n) is 2.85. The van der Waals surface area contributed by atoms with Gasteiger partial charge in [-0.25, -0.2) is 9.18 Å². The number of carbonyl (C=O) groups excluding carboxylic acids is 1. The van der Waals surface area contributed by atoms with Gasteiger partial charge in [-0.2, -0.15) is 0 Å². The quantitative estimate of drug-likeness (QED) is 0.674. The van der Waals surface area contributed by atoms with E-state index in [1.807, 2.05) is 24.3 Å². The summed E-state index contributed by atoms with van der Waals surface area (Å²) in [5, 5.41) is 0. The Balaban J connectivity index is 2.24. The zero-order valence-corrected chi connectivity index (χ0v) is 12.8. The summed E-state index contributed by atoms with van der Waals surface area (Å²) < 4.78 is 24.7. The van der Waals surface area contributed by atoms with E-state index in [0.29, 0.717) is 0 Å². The highest BCUT2D eigenvalue weighted by atomic mass is 79.9. The fourth-order valence-electron chi connectivity index (χ4n) is 1.74. The van der Waals surface area contributed by atoms with Gasteiger partial charge < -0.3 is 15.2 Å². The maximum absolute atomic E-state index is 13.8. The average molecular weight is 354 g/mol. The zero-order chi connectivity index (χ0) is 15.4. The molecule has 0 saturated carbocycles. The van der Waals surface area contributed by atoms with Crippen molar-refractivity contribution in [3.63, 3.8) is 0 Å². The van der Waals surface area contributed by atoms with Crippen LogP contribution in [0.4, 0.5) is 10.1 Å². The van der Waals surface area contributed by atoms with E-state index in [-0.39, 0.29) is 23.6 Å². The smallest absolute Gasteiger partial charge is 0.340 e. The lowest BCUT2D eigenvalue weighted by Crippen LogP contribution is -2.08. The van der Waals surface area contributed by atoms with Crippen molar-refractivity contribution in [1.29, 1.82) is 0 Å². The molecule has 4 nitrogen and oxygen atoms in total. The molecular weight excluding hydrogens is 341 g/mol. The van der Waals surface area contributed by atoms with Crippen LogP contribution in [0.2, 0.25) is 0 Å². The minimum Gasteiger partial charge on any atom is -0.486 e. The predicted molar refractivity (Wildman–Crippen MR) is 80.6 cm³/mol. The summed E-state index contributed by atoms with van der Waals surface area (Å²) in [7, 11) is 1.23. The number of anilines is 1. The SMILES string of the molecule is COC(=O)c1cc(OCc2ccccc2Br)c(F)cc1N. The molecule has 0 radical (unpaired) electrons. The molecule has 0 amide bonds. The van der Waals surface area contributed by atoms with E-state index < -0.39 is 11.8 Å². The number of halogens is 2. The second-order valence-electron chi connectivity index (χ2n) is 4.24. The van der Waals surface area contributed by atoms with Crippen LogP contribution in [0.3, 0.4) is 0 Å². The number of nitrogens with two attached hydrogens (primary N) is 1. The first-order valence-corrected chi connectivity index (χ1v) is 6.85. The number of benzene rings is 2. The van der Waals surface area contributed by atoms with Gasteiger partial charge in [0.15, 0.2) is 11.6 Å². The van der Waals surface area contributed by atoms with E-state index in [2.05, 4.69) is 20.7 Å². The van der Waals surface area contributed by atoms with Crippen LogP contribution in [0, 0.1) is 5.82 Å². The number of hydrogen-bond acceptors (Lipinski definition) is 4. The number of rotatable bonds is 4. The Morgan fingerprint density at radius 1 is 1.33 bits per heavy atom. The molecule has 0 heterocycles. The number of ether oxygens (including phenoxy) is 2. The van der Waals surface area contributed by atoms with Gasteiger partial charge in [0.1, 0.15) is 6.61 Å². The first-order valence-electron chi connectivity index (χ1n) is 6.06. The highest BCUT2D eigenvalue weighted by Crippen LogP contribution is 2.26. The highest BCUT2D eigenvalue weighted by Gasteiger charge is 2.15. The first-order chi connectivity index (χ1) is 10.0. The van der Waals surface area contributed by atoms with Gasteiger partial charge in [-0.05, 0) is 12.1 Å². The van der Waals surface area contributed by atoms with E-state index in [1.165, 1.54) is 13.2 Å². The van der Waals surface area contributed by atoms with E-state index in [4.69, 9.17) is 10.5 Å². The summed E-state index contributed by atoms with van der Waals surface area (Å²) in [6, 6.07) is 9.71. The van der Waals surface area contributed by atoms with Crippen molar-refractivity contribution in [2.45, 2.75) is 6.61 Å². The van der Waals surface area contributed by atoms with Gasteiger partial charge in [-0.15, -0.1) is 0 Å². The molecule has 110 valence electrons. The van der Waals surface area contributed by atoms with Crippen molar-refractivity contribution in [3.8, 4) is 5.75 Å². The minimum atomic E-state index is -0.641. The number of hydrogen-bond donors (Lipinski definition) is 1. The van der Waals surface area contributed by atoms with Gasteiger partial charge in [0.05, 0.1) is 12.7 Å². The minimum absolute atomic E-state index is 0.00703. The average Bonchev–Trinajstić information content (AvgIpc) is 2.47.